The lowest BCUT2D eigenvalue weighted by Gasteiger charge is -2.15. The van der Waals surface area contributed by atoms with Gasteiger partial charge in [0.15, 0.2) is 0 Å². The molecular formula is C14H21N3O2. The molecule has 104 valence electrons. The third-order valence-corrected chi connectivity index (χ3v) is 3.47. The maximum absolute atomic E-state index is 11.8. The third kappa shape index (κ3) is 3.67. The Morgan fingerprint density at radius 1 is 1.53 bits per heavy atom. The molecule has 19 heavy (non-hydrogen) atoms. The summed E-state index contributed by atoms with van der Waals surface area (Å²) >= 11 is 0. The minimum atomic E-state index is 0.238. The van der Waals surface area contributed by atoms with Crippen molar-refractivity contribution in [3.63, 3.8) is 0 Å². The molecule has 1 atom stereocenters. The van der Waals surface area contributed by atoms with Gasteiger partial charge in [-0.25, -0.2) is 4.98 Å². The summed E-state index contributed by atoms with van der Waals surface area (Å²) in [5.41, 5.74) is 1.19. The van der Waals surface area contributed by atoms with Crippen LogP contribution in [-0.4, -0.2) is 49.6 Å². The number of likely N-dealkylation sites (tertiary alicyclic amines) is 1. The van der Waals surface area contributed by atoms with Crippen LogP contribution in [0.4, 0.5) is 5.82 Å². The molecule has 1 N–H and O–H groups in total. The third-order valence-electron chi connectivity index (χ3n) is 3.47. The molecule has 1 aromatic heterocycles. The Balaban J connectivity index is 1.88. The zero-order chi connectivity index (χ0) is 13.7. The zero-order valence-electron chi connectivity index (χ0n) is 11.6. The molecule has 1 unspecified atom stereocenters. The van der Waals surface area contributed by atoms with Crippen molar-refractivity contribution in [3.8, 4) is 0 Å². The van der Waals surface area contributed by atoms with Gasteiger partial charge < -0.3 is 15.0 Å². The number of nitrogens with zero attached hydrogens (tertiary/aromatic N) is 2. The molecule has 0 spiro atoms. The van der Waals surface area contributed by atoms with E-state index in [0.29, 0.717) is 25.5 Å². The van der Waals surface area contributed by atoms with Gasteiger partial charge in [-0.1, -0.05) is 6.07 Å². The minimum Gasteiger partial charge on any atom is -0.383 e. The second-order valence-electron chi connectivity index (χ2n) is 4.91. The van der Waals surface area contributed by atoms with Gasteiger partial charge in [-0.3, -0.25) is 4.79 Å². The van der Waals surface area contributed by atoms with E-state index in [0.717, 1.165) is 18.8 Å². The summed E-state index contributed by atoms with van der Waals surface area (Å²) in [6, 6.07) is 4.04. The molecular weight excluding hydrogens is 242 g/mol. The largest absolute Gasteiger partial charge is 0.383 e. The van der Waals surface area contributed by atoms with E-state index in [2.05, 4.69) is 16.4 Å². The minimum absolute atomic E-state index is 0.238. The van der Waals surface area contributed by atoms with Crippen LogP contribution in [-0.2, 0) is 16.0 Å². The highest BCUT2D eigenvalue weighted by Crippen LogP contribution is 2.21. The van der Waals surface area contributed by atoms with Gasteiger partial charge in [0.2, 0.25) is 5.91 Å². The van der Waals surface area contributed by atoms with Crippen molar-refractivity contribution in [2.75, 3.05) is 39.2 Å². The Hall–Kier alpha value is -1.62. The average Bonchev–Trinajstić information content (AvgIpc) is 2.77. The fourth-order valence-corrected chi connectivity index (χ4v) is 2.43. The van der Waals surface area contributed by atoms with Crippen LogP contribution in [0.25, 0.3) is 0 Å². The van der Waals surface area contributed by atoms with E-state index in [1.54, 1.807) is 7.11 Å². The van der Waals surface area contributed by atoms with E-state index in [4.69, 9.17) is 4.74 Å². The van der Waals surface area contributed by atoms with E-state index < -0.39 is 0 Å². The van der Waals surface area contributed by atoms with Crippen molar-refractivity contribution in [1.29, 1.82) is 0 Å². The predicted octanol–water partition coefficient (Wildman–Crippen LogP) is 1.16. The lowest BCUT2D eigenvalue weighted by atomic mass is 10.00. The molecule has 0 radical (unpaired) electrons. The van der Waals surface area contributed by atoms with E-state index in [1.165, 1.54) is 5.56 Å². The first-order valence-corrected chi connectivity index (χ1v) is 6.62. The lowest BCUT2D eigenvalue weighted by Crippen LogP contribution is -2.28. The van der Waals surface area contributed by atoms with Gasteiger partial charge in [-0.2, -0.15) is 0 Å². The fourth-order valence-electron chi connectivity index (χ4n) is 2.43. The van der Waals surface area contributed by atoms with Crippen LogP contribution in [0, 0.1) is 5.92 Å². The Kier molecular flexibility index (Phi) is 4.74. The number of carbonyl (C=O) groups excluding carboxylic acids is 1. The quantitative estimate of drug-likeness (QED) is 0.837. The van der Waals surface area contributed by atoms with Crippen LogP contribution < -0.4 is 5.32 Å². The Bertz CT molecular complexity index is 419. The molecule has 5 heteroatoms. The van der Waals surface area contributed by atoms with E-state index in [1.807, 2.05) is 24.2 Å². The molecule has 2 rings (SSSR count). The first kappa shape index (κ1) is 13.8. The van der Waals surface area contributed by atoms with Crippen LogP contribution in [0.3, 0.4) is 0 Å². The number of hydrogen-bond donors (Lipinski definition) is 1. The molecule has 1 aliphatic rings. The van der Waals surface area contributed by atoms with Crippen molar-refractivity contribution in [2.24, 2.45) is 5.92 Å². The molecule has 0 saturated carbocycles. The molecule has 5 nitrogen and oxygen atoms in total. The van der Waals surface area contributed by atoms with E-state index in [9.17, 15) is 4.79 Å². The van der Waals surface area contributed by atoms with Gasteiger partial charge in [-0.05, 0) is 24.0 Å². The summed E-state index contributed by atoms with van der Waals surface area (Å²) in [7, 11) is 3.51. The Morgan fingerprint density at radius 3 is 3.00 bits per heavy atom. The number of anilines is 1. The van der Waals surface area contributed by atoms with Crippen LogP contribution in [0.2, 0.25) is 0 Å². The van der Waals surface area contributed by atoms with Gasteiger partial charge in [-0.15, -0.1) is 0 Å². The number of ether oxygens (including phenoxy) is 1. The summed E-state index contributed by atoms with van der Waals surface area (Å²) in [4.78, 5) is 18.0. The average molecular weight is 263 g/mol. The number of methoxy groups -OCH3 is 1. The van der Waals surface area contributed by atoms with Gasteiger partial charge in [0.25, 0.3) is 0 Å². The van der Waals surface area contributed by atoms with Crippen molar-refractivity contribution in [3.05, 3.63) is 23.9 Å². The summed E-state index contributed by atoms with van der Waals surface area (Å²) in [5.74, 6) is 1.50. The summed E-state index contributed by atoms with van der Waals surface area (Å²) in [6.07, 6.45) is 3.43. The van der Waals surface area contributed by atoms with Gasteiger partial charge in [0.05, 0.1) is 6.61 Å². The number of pyridine rings is 1. The SMILES string of the molecule is CNc1ccc(CC2CC(=O)N(CCOC)C2)cn1. The highest BCUT2D eigenvalue weighted by molar-refractivity contribution is 5.78. The molecule has 0 aliphatic carbocycles. The first-order valence-electron chi connectivity index (χ1n) is 6.62. The van der Waals surface area contributed by atoms with Crippen LogP contribution in [0.1, 0.15) is 12.0 Å². The number of nitrogens with one attached hydrogen (secondary N) is 1. The monoisotopic (exact) mass is 263 g/mol. The number of aromatic nitrogens is 1. The van der Waals surface area contributed by atoms with Gasteiger partial charge in [0.1, 0.15) is 5.82 Å². The lowest BCUT2D eigenvalue weighted by molar-refractivity contribution is -0.128. The Labute approximate surface area is 114 Å². The standard InChI is InChI=1S/C14H21N3O2/c1-15-13-4-3-11(9-16-13)7-12-8-14(18)17(10-12)5-6-19-2/h3-4,9,12H,5-8,10H2,1-2H3,(H,15,16). The fraction of sp³-hybridized carbons (Fsp3) is 0.571. The van der Waals surface area contributed by atoms with Gasteiger partial charge in [0, 0.05) is 39.9 Å². The number of hydrogen-bond acceptors (Lipinski definition) is 4. The summed E-state index contributed by atoms with van der Waals surface area (Å²) in [5, 5.41) is 3.00. The highest BCUT2D eigenvalue weighted by Gasteiger charge is 2.29. The molecule has 1 aromatic rings. The normalized spacial score (nSPS) is 18.9. The van der Waals surface area contributed by atoms with Gasteiger partial charge >= 0.3 is 0 Å². The topological polar surface area (TPSA) is 54.5 Å². The summed E-state index contributed by atoms with van der Waals surface area (Å²) in [6.45, 7) is 2.13. The van der Waals surface area contributed by atoms with Crippen molar-refractivity contribution >= 4 is 11.7 Å². The molecule has 1 fully saturated rings. The van der Waals surface area contributed by atoms with E-state index >= 15 is 0 Å². The van der Waals surface area contributed by atoms with Crippen molar-refractivity contribution in [1.82, 2.24) is 9.88 Å². The smallest absolute Gasteiger partial charge is 0.223 e. The molecule has 1 saturated heterocycles. The van der Waals surface area contributed by atoms with E-state index in [-0.39, 0.29) is 5.91 Å². The van der Waals surface area contributed by atoms with Crippen LogP contribution in [0.15, 0.2) is 18.3 Å². The molecule has 1 aliphatic heterocycles. The van der Waals surface area contributed by atoms with Crippen LogP contribution in [0.5, 0.6) is 0 Å². The molecule has 2 heterocycles. The zero-order valence-corrected chi connectivity index (χ0v) is 11.6. The molecule has 0 aromatic carbocycles. The number of rotatable bonds is 6. The summed E-state index contributed by atoms with van der Waals surface area (Å²) < 4.78 is 5.02. The number of amides is 1. The molecule has 1 amide bonds. The van der Waals surface area contributed by atoms with Crippen molar-refractivity contribution < 1.29 is 9.53 Å². The second-order valence-corrected chi connectivity index (χ2v) is 4.91. The first-order chi connectivity index (χ1) is 9.22. The van der Waals surface area contributed by atoms with Crippen LogP contribution >= 0.6 is 0 Å². The maximum atomic E-state index is 11.8. The second kappa shape index (κ2) is 6.52. The number of carbonyl (C=O) groups is 1. The highest BCUT2D eigenvalue weighted by atomic mass is 16.5. The van der Waals surface area contributed by atoms with Crippen molar-refractivity contribution in [2.45, 2.75) is 12.8 Å². The Morgan fingerprint density at radius 2 is 2.37 bits per heavy atom. The molecule has 0 bridgehead atoms. The predicted molar refractivity (Wildman–Crippen MR) is 74.1 cm³/mol. The maximum Gasteiger partial charge on any atom is 0.223 e.